The number of nitrogens with zero attached hydrogens (tertiary/aromatic N) is 4. The molecule has 1 saturated heterocycles. The zero-order valence-corrected chi connectivity index (χ0v) is 20.0. The van der Waals surface area contributed by atoms with Crippen LogP contribution in [0.15, 0.2) is 72.3 Å². The summed E-state index contributed by atoms with van der Waals surface area (Å²) in [6, 6.07) is 9.22. The Kier molecular flexibility index (Phi) is 7.22. The van der Waals surface area contributed by atoms with Crippen LogP contribution in [0.25, 0.3) is 5.57 Å². The quantitative estimate of drug-likeness (QED) is 0.642. The van der Waals surface area contributed by atoms with Crippen molar-refractivity contribution in [2.45, 2.75) is 32.5 Å². The van der Waals surface area contributed by atoms with Crippen molar-refractivity contribution in [3.63, 3.8) is 0 Å². The predicted octanol–water partition coefficient (Wildman–Crippen LogP) is 4.27. The fourth-order valence-electron chi connectivity index (χ4n) is 4.20. The Bertz CT molecular complexity index is 1090. The van der Waals surface area contributed by atoms with E-state index in [-0.39, 0.29) is 5.91 Å². The molecule has 1 aliphatic carbocycles. The second-order valence-electron chi connectivity index (χ2n) is 9.01. The van der Waals surface area contributed by atoms with Gasteiger partial charge in [0.25, 0.3) is 5.91 Å². The summed E-state index contributed by atoms with van der Waals surface area (Å²) in [7, 11) is 1.59. The highest BCUT2D eigenvalue weighted by molar-refractivity contribution is 6.00. The average molecular weight is 463 g/mol. The molecule has 0 radical (unpaired) electrons. The standard InChI is InChI=1S/C27H31FN4O2/c1-27(2,28)22-10-8-20(9-11-22)21-6-4-7-24(34-3)23(18-21)26(33)32-16-14-31(15-17-32)19-25-29-12-5-13-30-25/h5-13,18H,4,14-17,19H2,1-3H3. The van der Waals surface area contributed by atoms with Crippen molar-refractivity contribution >= 4 is 11.5 Å². The summed E-state index contributed by atoms with van der Waals surface area (Å²) >= 11 is 0. The minimum atomic E-state index is -1.40. The molecule has 0 saturated carbocycles. The van der Waals surface area contributed by atoms with E-state index in [1.165, 1.54) is 0 Å². The van der Waals surface area contributed by atoms with Gasteiger partial charge in [-0.1, -0.05) is 30.3 Å². The predicted molar refractivity (Wildman–Crippen MR) is 130 cm³/mol. The molecule has 4 rings (SSSR count). The van der Waals surface area contributed by atoms with E-state index < -0.39 is 5.67 Å². The number of halogens is 1. The second-order valence-corrected chi connectivity index (χ2v) is 9.01. The molecule has 1 fully saturated rings. The van der Waals surface area contributed by atoms with E-state index >= 15 is 0 Å². The Morgan fingerprint density at radius 2 is 1.74 bits per heavy atom. The Balaban J connectivity index is 1.48. The topological polar surface area (TPSA) is 58.6 Å². The lowest BCUT2D eigenvalue weighted by atomic mass is 9.95. The summed E-state index contributed by atoms with van der Waals surface area (Å²) in [6.45, 7) is 6.53. The SMILES string of the molecule is COC1=CCC=C(c2ccc(C(C)(C)F)cc2)C=C1C(=O)N1CCN(Cc2ncccn2)CC1. The van der Waals surface area contributed by atoms with Crippen molar-refractivity contribution < 1.29 is 13.9 Å². The monoisotopic (exact) mass is 462 g/mol. The molecule has 2 heterocycles. The molecule has 1 aromatic heterocycles. The van der Waals surface area contributed by atoms with Crippen LogP contribution in [-0.2, 0) is 21.7 Å². The molecule has 6 nitrogen and oxygen atoms in total. The first-order chi connectivity index (χ1) is 16.3. The van der Waals surface area contributed by atoms with Gasteiger partial charge >= 0.3 is 0 Å². The molecule has 0 unspecified atom stereocenters. The maximum atomic E-state index is 14.3. The van der Waals surface area contributed by atoms with E-state index in [2.05, 4.69) is 20.9 Å². The van der Waals surface area contributed by atoms with Crippen molar-refractivity contribution in [1.82, 2.24) is 19.8 Å². The van der Waals surface area contributed by atoms with Gasteiger partial charge in [0.15, 0.2) is 0 Å². The first-order valence-electron chi connectivity index (χ1n) is 11.6. The minimum Gasteiger partial charge on any atom is -0.496 e. The largest absolute Gasteiger partial charge is 0.496 e. The Hall–Kier alpha value is -3.32. The van der Waals surface area contributed by atoms with Gasteiger partial charge in [0, 0.05) is 38.6 Å². The maximum Gasteiger partial charge on any atom is 0.257 e. The van der Waals surface area contributed by atoms with Gasteiger partial charge in [-0.3, -0.25) is 9.69 Å². The number of rotatable bonds is 6. The van der Waals surface area contributed by atoms with Crippen LogP contribution in [0, 0.1) is 0 Å². The molecule has 1 aliphatic heterocycles. The molecule has 1 amide bonds. The van der Waals surface area contributed by atoms with Gasteiger partial charge in [0.1, 0.15) is 17.3 Å². The highest BCUT2D eigenvalue weighted by Gasteiger charge is 2.27. The number of aromatic nitrogens is 2. The molecule has 2 aliphatic rings. The molecule has 7 heteroatoms. The fraction of sp³-hybridized carbons (Fsp3) is 0.370. The van der Waals surface area contributed by atoms with Crippen molar-refractivity contribution in [3.05, 3.63) is 89.2 Å². The number of alkyl halides is 1. The lowest BCUT2D eigenvalue weighted by Crippen LogP contribution is -2.49. The van der Waals surface area contributed by atoms with Crippen molar-refractivity contribution in [3.8, 4) is 0 Å². The number of piperazine rings is 1. The molecular weight excluding hydrogens is 431 g/mol. The maximum absolute atomic E-state index is 14.3. The molecule has 34 heavy (non-hydrogen) atoms. The number of methoxy groups -OCH3 is 1. The molecule has 0 atom stereocenters. The molecule has 0 spiro atoms. The number of carbonyl (C=O) groups is 1. The van der Waals surface area contributed by atoms with Gasteiger partial charge in [-0.15, -0.1) is 0 Å². The third kappa shape index (κ3) is 5.59. The van der Waals surface area contributed by atoms with Crippen LogP contribution < -0.4 is 0 Å². The molecule has 2 aromatic rings. The highest BCUT2D eigenvalue weighted by atomic mass is 19.1. The number of ether oxygens (including phenoxy) is 1. The van der Waals surface area contributed by atoms with E-state index in [0.717, 1.165) is 30.1 Å². The molecule has 0 N–H and O–H groups in total. The minimum absolute atomic E-state index is 0.0435. The Morgan fingerprint density at radius 1 is 1.06 bits per heavy atom. The first-order valence-corrected chi connectivity index (χ1v) is 11.6. The molecule has 1 aromatic carbocycles. The molecule has 178 valence electrons. The normalized spacial score (nSPS) is 17.4. The van der Waals surface area contributed by atoms with E-state index in [0.29, 0.717) is 43.0 Å². The van der Waals surface area contributed by atoms with Gasteiger partial charge in [-0.2, -0.15) is 0 Å². The number of hydrogen-bond acceptors (Lipinski definition) is 5. The summed E-state index contributed by atoms with van der Waals surface area (Å²) in [5.74, 6) is 1.33. The lowest BCUT2D eigenvalue weighted by molar-refractivity contribution is -0.129. The summed E-state index contributed by atoms with van der Waals surface area (Å²) in [4.78, 5) is 26.2. The summed E-state index contributed by atoms with van der Waals surface area (Å²) in [5, 5.41) is 0. The van der Waals surface area contributed by atoms with Crippen LogP contribution >= 0.6 is 0 Å². The highest BCUT2D eigenvalue weighted by Crippen LogP contribution is 2.30. The number of allylic oxidation sites excluding steroid dienone is 4. The number of amides is 1. The zero-order chi connectivity index (χ0) is 24.1. The summed E-state index contributed by atoms with van der Waals surface area (Å²) < 4.78 is 19.8. The third-order valence-corrected chi connectivity index (χ3v) is 6.21. The van der Waals surface area contributed by atoms with Crippen LogP contribution in [0.4, 0.5) is 4.39 Å². The van der Waals surface area contributed by atoms with E-state index in [1.54, 1.807) is 51.6 Å². The van der Waals surface area contributed by atoms with Crippen LogP contribution in [-0.4, -0.2) is 59.0 Å². The van der Waals surface area contributed by atoms with Crippen LogP contribution in [0.2, 0.25) is 0 Å². The van der Waals surface area contributed by atoms with Crippen molar-refractivity contribution in [2.24, 2.45) is 0 Å². The van der Waals surface area contributed by atoms with E-state index in [9.17, 15) is 9.18 Å². The summed E-state index contributed by atoms with van der Waals surface area (Å²) in [5.41, 5.74) is 1.64. The van der Waals surface area contributed by atoms with Crippen LogP contribution in [0.1, 0.15) is 37.2 Å². The number of benzene rings is 1. The van der Waals surface area contributed by atoms with Gasteiger partial charge in [0.2, 0.25) is 0 Å². The zero-order valence-electron chi connectivity index (χ0n) is 20.0. The second kappa shape index (κ2) is 10.3. The smallest absolute Gasteiger partial charge is 0.257 e. The van der Waals surface area contributed by atoms with Gasteiger partial charge in [-0.25, -0.2) is 14.4 Å². The van der Waals surface area contributed by atoms with Gasteiger partial charge in [-0.05, 0) is 55.2 Å². The van der Waals surface area contributed by atoms with E-state index in [1.807, 2.05) is 29.2 Å². The fourth-order valence-corrected chi connectivity index (χ4v) is 4.20. The molecular formula is C27H31FN4O2. The molecule has 0 bridgehead atoms. The van der Waals surface area contributed by atoms with Crippen LogP contribution in [0.5, 0.6) is 0 Å². The first kappa shape index (κ1) is 23.8. The van der Waals surface area contributed by atoms with E-state index in [4.69, 9.17) is 4.74 Å². The van der Waals surface area contributed by atoms with Crippen molar-refractivity contribution in [1.29, 1.82) is 0 Å². The Labute approximate surface area is 200 Å². The Morgan fingerprint density at radius 3 is 2.35 bits per heavy atom. The number of hydrogen-bond donors (Lipinski definition) is 0. The average Bonchev–Trinajstić information content (AvgIpc) is 3.07. The van der Waals surface area contributed by atoms with Gasteiger partial charge in [0.05, 0.1) is 19.2 Å². The third-order valence-electron chi connectivity index (χ3n) is 6.21. The lowest BCUT2D eigenvalue weighted by Gasteiger charge is -2.34. The van der Waals surface area contributed by atoms with Crippen LogP contribution in [0.3, 0.4) is 0 Å². The number of carbonyl (C=O) groups excluding carboxylic acids is 1. The van der Waals surface area contributed by atoms with Gasteiger partial charge < -0.3 is 9.64 Å². The van der Waals surface area contributed by atoms with Crippen molar-refractivity contribution in [2.75, 3.05) is 33.3 Å². The summed E-state index contributed by atoms with van der Waals surface area (Å²) in [6.07, 6.45) is 10.0.